The van der Waals surface area contributed by atoms with Gasteiger partial charge in [-0.3, -0.25) is 4.79 Å². The predicted molar refractivity (Wildman–Crippen MR) is 133 cm³/mol. The van der Waals surface area contributed by atoms with E-state index in [2.05, 4.69) is 36.5 Å². The summed E-state index contributed by atoms with van der Waals surface area (Å²) in [5.74, 6) is -0.542. The highest BCUT2D eigenvalue weighted by Crippen LogP contribution is 2.26. The summed E-state index contributed by atoms with van der Waals surface area (Å²) in [6.45, 7) is 2.24. The summed E-state index contributed by atoms with van der Waals surface area (Å²) in [4.78, 5) is 11.9. The van der Waals surface area contributed by atoms with E-state index >= 15 is 0 Å². The Bertz CT molecular complexity index is 672. The number of benzene rings is 2. The van der Waals surface area contributed by atoms with E-state index in [9.17, 15) is 9.90 Å². The van der Waals surface area contributed by atoms with Crippen molar-refractivity contribution in [3.05, 3.63) is 71.8 Å². The number of carboxylic acids is 1. The molecule has 3 nitrogen and oxygen atoms in total. The van der Waals surface area contributed by atoms with E-state index < -0.39 is 5.97 Å². The molecule has 3 heteroatoms. The Labute approximate surface area is 190 Å². The van der Waals surface area contributed by atoms with Crippen LogP contribution in [0.25, 0.3) is 0 Å². The Kier molecular flexibility index (Phi) is 15.2. The zero-order chi connectivity index (χ0) is 22.7. The van der Waals surface area contributed by atoms with Crippen LogP contribution in [-0.4, -0.2) is 25.2 Å². The summed E-state index contributed by atoms with van der Waals surface area (Å²) in [5, 5.41) is 12.6. The van der Waals surface area contributed by atoms with E-state index in [1.807, 2.05) is 50.5 Å². The van der Waals surface area contributed by atoms with Crippen molar-refractivity contribution in [3.8, 4) is 0 Å². The van der Waals surface area contributed by atoms with Crippen molar-refractivity contribution >= 4 is 5.97 Å². The molecule has 2 aromatic carbocycles. The largest absolute Gasteiger partial charge is 0.481 e. The van der Waals surface area contributed by atoms with E-state index in [4.69, 9.17) is 0 Å². The number of hydrogen-bond donors (Lipinski definition) is 2. The molecule has 0 radical (unpaired) electrons. The smallest absolute Gasteiger partial charge is 0.306 e. The summed E-state index contributed by atoms with van der Waals surface area (Å²) in [6, 6.07) is 20.6. The van der Waals surface area contributed by atoms with Crippen LogP contribution < -0.4 is 5.32 Å². The minimum absolute atomic E-state index is 0.309. The van der Waals surface area contributed by atoms with Gasteiger partial charge in [-0.2, -0.15) is 0 Å². The number of rotatable bonds is 14. The van der Waals surface area contributed by atoms with Crippen molar-refractivity contribution in [1.82, 2.24) is 5.32 Å². The van der Waals surface area contributed by atoms with Crippen molar-refractivity contribution in [2.24, 2.45) is 11.8 Å². The van der Waals surface area contributed by atoms with Crippen molar-refractivity contribution in [2.75, 3.05) is 14.1 Å². The van der Waals surface area contributed by atoms with Gasteiger partial charge in [-0.25, -0.2) is 0 Å². The van der Waals surface area contributed by atoms with Crippen LogP contribution in [0.1, 0.15) is 69.4 Å². The third-order valence-electron chi connectivity index (χ3n) is 5.63. The maximum absolute atomic E-state index is 11.9. The average Bonchev–Trinajstić information content (AvgIpc) is 2.77. The first-order valence-electron chi connectivity index (χ1n) is 12.0. The number of hydrogen-bond acceptors (Lipinski definition) is 2. The molecule has 0 saturated heterocycles. The quantitative estimate of drug-likeness (QED) is 0.329. The van der Waals surface area contributed by atoms with Gasteiger partial charge in [0.15, 0.2) is 0 Å². The summed E-state index contributed by atoms with van der Waals surface area (Å²) in [7, 11) is 3.75. The number of carbonyl (C=O) groups is 1. The Morgan fingerprint density at radius 3 is 1.81 bits per heavy atom. The Hall–Kier alpha value is -2.13. The Morgan fingerprint density at radius 2 is 1.29 bits per heavy atom. The Morgan fingerprint density at radius 1 is 0.806 bits per heavy atom. The molecule has 0 spiro atoms. The molecular weight excluding hydrogens is 382 g/mol. The monoisotopic (exact) mass is 425 g/mol. The third kappa shape index (κ3) is 13.0. The molecule has 0 heterocycles. The highest BCUT2D eigenvalue weighted by Gasteiger charge is 2.23. The second-order valence-electron chi connectivity index (χ2n) is 8.57. The van der Waals surface area contributed by atoms with Crippen molar-refractivity contribution < 1.29 is 9.90 Å². The van der Waals surface area contributed by atoms with Crippen LogP contribution in [0, 0.1) is 11.8 Å². The van der Waals surface area contributed by atoms with Gasteiger partial charge in [0.25, 0.3) is 0 Å². The molecule has 0 aliphatic carbocycles. The molecule has 31 heavy (non-hydrogen) atoms. The van der Waals surface area contributed by atoms with Gasteiger partial charge >= 0.3 is 5.97 Å². The summed E-state index contributed by atoms with van der Waals surface area (Å²) in [6.07, 6.45) is 11.2. The van der Waals surface area contributed by atoms with E-state index in [0.717, 1.165) is 24.8 Å². The first kappa shape index (κ1) is 26.9. The van der Waals surface area contributed by atoms with Crippen LogP contribution in [0.3, 0.4) is 0 Å². The molecule has 0 aromatic heterocycles. The van der Waals surface area contributed by atoms with Crippen molar-refractivity contribution in [2.45, 2.75) is 71.1 Å². The molecule has 0 aliphatic rings. The lowest BCUT2D eigenvalue weighted by atomic mass is 9.83. The van der Waals surface area contributed by atoms with Gasteiger partial charge in [0.05, 0.1) is 5.92 Å². The first-order valence-corrected chi connectivity index (χ1v) is 12.0. The van der Waals surface area contributed by atoms with E-state index in [1.165, 1.54) is 44.1 Å². The van der Waals surface area contributed by atoms with Gasteiger partial charge in [-0.15, -0.1) is 0 Å². The molecule has 0 bridgehead atoms. The lowest BCUT2D eigenvalue weighted by Gasteiger charge is -2.22. The van der Waals surface area contributed by atoms with Crippen LogP contribution in [0.15, 0.2) is 60.7 Å². The number of nitrogens with one attached hydrogen (secondary N) is 1. The molecule has 2 N–H and O–H groups in total. The minimum Gasteiger partial charge on any atom is -0.481 e. The maximum Gasteiger partial charge on any atom is 0.306 e. The lowest BCUT2D eigenvalue weighted by molar-refractivity contribution is -0.142. The molecule has 2 atom stereocenters. The van der Waals surface area contributed by atoms with Crippen LogP contribution in [0.5, 0.6) is 0 Å². The predicted octanol–water partition coefficient (Wildman–Crippen LogP) is 6.77. The van der Waals surface area contributed by atoms with Gasteiger partial charge in [-0.05, 0) is 50.4 Å². The number of aliphatic carboxylic acids is 1. The second-order valence-corrected chi connectivity index (χ2v) is 8.57. The number of carboxylic acid groups (broad SMARTS) is 1. The molecule has 2 unspecified atom stereocenters. The maximum atomic E-state index is 11.9. The zero-order valence-electron chi connectivity index (χ0n) is 19.9. The van der Waals surface area contributed by atoms with E-state index in [-0.39, 0.29) is 5.92 Å². The topological polar surface area (TPSA) is 49.3 Å². The molecular formula is C28H43NO2. The Balaban J connectivity index is 0.00000151. The highest BCUT2D eigenvalue weighted by atomic mass is 16.4. The number of unbranched alkanes of at least 4 members (excludes halogenated alkanes) is 5. The van der Waals surface area contributed by atoms with Crippen molar-refractivity contribution in [1.29, 1.82) is 0 Å². The van der Waals surface area contributed by atoms with Crippen LogP contribution in [-0.2, 0) is 17.6 Å². The van der Waals surface area contributed by atoms with E-state index in [0.29, 0.717) is 12.3 Å². The van der Waals surface area contributed by atoms with Gasteiger partial charge in [0, 0.05) is 0 Å². The zero-order valence-corrected chi connectivity index (χ0v) is 19.9. The molecule has 2 rings (SSSR count). The molecule has 0 aliphatic heterocycles. The molecule has 0 amide bonds. The van der Waals surface area contributed by atoms with Gasteiger partial charge in [-0.1, -0.05) is 113 Å². The van der Waals surface area contributed by atoms with Gasteiger partial charge in [0.2, 0.25) is 0 Å². The van der Waals surface area contributed by atoms with Gasteiger partial charge < -0.3 is 10.4 Å². The second kappa shape index (κ2) is 17.5. The summed E-state index contributed by atoms with van der Waals surface area (Å²) in [5.41, 5.74) is 2.44. The third-order valence-corrected chi connectivity index (χ3v) is 5.63. The fraction of sp³-hybridized carbons (Fsp3) is 0.536. The molecule has 2 aromatic rings. The minimum atomic E-state index is -0.662. The first-order chi connectivity index (χ1) is 15.1. The fourth-order valence-corrected chi connectivity index (χ4v) is 4.04. The van der Waals surface area contributed by atoms with Crippen LogP contribution >= 0.6 is 0 Å². The van der Waals surface area contributed by atoms with Crippen LogP contribution in [0.4, 0.5) is 0 Å². The van der Waals surface area contributed by atoms with E-state index in [1.54, 1.807) is 0 Å². The standard InChI is InChI=1S/C26H36O2.C2H7N/c1-2-3-4-5-6-9-18-24(19-22-14-10-7-11-15-22)21-25(26(27)28)20-23-16-12-8-13-17-23;1-3-2/h7-8,10-17,24-25H,2-6,9,18-21H2,1H3,(H,27,28);3H,1-2H3. The highest BCUT2D eigenvalue weighted by molar-refractivity contribution is 5.70. The summed E-state index contributed by atoms with van der Waals surface area (Å²) < 4.78 is 0. The molecule has 0 fully saturated rings. The van der Waals surface area contributed by atoms with Gasteiger partial charge in [0.1, 0.15) is 0 Å². The average molecular weight is 426 g/mol. The van der Waals surface area contributed by atoms with Crippen molar-refractivity contribution in [3.63, 3.8) is 0 Å². The normalized spacial score (nSPS) is 12.5. The molecule has 0 saturated carbocycles. The molecule has 172 valence electrons. The lowest BCUT2D eigenvalue weighted by Crippen LogP contribution is -2.21. The fourth-order valence-electron chi connectivity index (χ4n) is 4.04. The summed E-state index contributed by atoms with van der Waals surface area (Å²) >= 11 is 0. The van der Waals surface area contributed by atoms with Crippen LogP contribution in [0.2, 0.25) is 0 Å². The SMILES string of the molecule is CCCCCCCCC(Cc1ccccc1)CC(Cc1ccccc1)C(=O)O.CNC.